The van der Waals surface area contributed by atoms with Crippen LogP contribution in [0, 0.1) is 12.3 Å². The number of nitrogens with two attached hydrogens (primary N) is 1. The number of thiazole rings is 1. The standard InChI is InChI=1S/C13H25N3S/c1-10-9-17-12(16-10)6-8-15-7-5-11(14)13(2,3)4/h9,11,15H,5-8,14H2,1-4H3. The highest BCUT2D eigenvalue weighted by atomic mass is 32.1. The third kappa shape index (κ3) is 5.61. The number of nitrogens with one attached hydrogen (secondary N) is 1. The normalized spacial score (nSPS) is 13.9. The third-order valence-corrected chi connectivity index (χ3v) is 3.95. The molecule has 98 valence electrons. The molecule has 0 aliphatic rings. The number of nitrogens with zero attached hydrogens (tertiary/aromatic N) is 1. The molecule has 1 aromatic rings. The Hall–Kier alpha value is -0.450. The fourth-order valence-electron chi connectivity index (χ4n) is 1.53. The van der Waals surface area contributed by atoms with Gasteiger partial charge in [-0.2, -0.15) is 0 Å². The average Bonchev–Trinajstić information content (AvgIpc) is 2.62. The molecule has 3 nitrogen and oxygen atoms in total. The van der Waals surface area contributed by atoms with Crippen molar-refractivity contribution in [3.63, 3.8) is 0 Å². The van der Waals surface area contributed by atoms with Gasteiger partial charge in [0.15, 0.2) is 0 Å². The van der Waals surface area contributed by atoms with Crippen molar-refractivity contribution in [2.45, 2.75) is 46.6 Å². The van der Waals surface area contributed by atoms with Crippen LogP contribution in [0.5, 0.6) is 0 Å². The van der Waals surface area contributed by atoms with Crippen LogP contribution in [0.1, 0.15) is 37.9 Å². The molecule has 1 unspecified atom stereocenters. The number of aromatic nitrogens is 1. The minimum Gasteiger partial charge on any atom is -0.327 e. The Bertz CT molecular complexity index is 328. The first-order chi connectivity index (χ1) is 7.89. The van der Waals surface area contributed by atoms with Crippen LogP contribution < -0.4 is 11.1 Å². The molecule has 0 radical (unpaired) electrons. The molecule has 0 aliphatic heterocycles. The van der Waals surface area contributed by atoms with Crippen molar-refractivity contribution in [2.75, 3.05) is 13.1 Å². The Labute approximate surface area is 109 Å². The molecule has 0 saturated carbocycles. The lowest BCUT2D eigenvalue weighted by molar-refractivity contribution is 0.303. The van der Waals surface area contributed by atoms with Crippen LogP contribution in [-0.2, 0) is 6.42 Å². The van der Waals surface area contributed by atoms with Gasteiger partial charge in [0.25, 0.3) is 0 Å². The summed E-state index contributed by atoms with van der Waals surface area (Å²) in [5, 5.41) is 6.75. The monoisotopic (exact) mass is 255 g/mol. The maximum atomic E-state index is 6.10. The van der Waals surface area contributed by atoms with Crippen molar-refractivity contribution >= 4 is 11.3 Å². The minimum atomic E-state index is 0.202. The van der Waals surface area contributed by atoms with Gasteiger partial charge >= 0.3 is 0 Å². The van der Waals surface area contributed by atoms with Crippen molar-refractivity contribution in [1.29, 1.82) is 0 Å². The fourth-order valence-corrected chi connectivity index (χ4v) is 2.30. The van der Waals surface area contributed by atoms with E-state index >= 15 is 0 Å². The Morgan fingerprint density at radius 1 is 1.41 bits per heavy atom. The van der Waals surface area contributed by atoms with E-state index in [2.05, 4.69) is 36.5 Å². The molecule has 1 heterocycles. The largest absolute Gasteiger partial charge is 0.327 e. The summed E-state index contributed by atoms with van der Waals surface area (Å²) in [7, 11) is 0. The molecular formula is C13H25N3S. The predicted octanol–water partition coefficient (Wildman–Crippen LogP) is 2.35. The van der Waals surface area contributed by atoms with Gasteiger partial charge in [-0.1, -0.05) is 20.8 Å². The van der Waals surface area contributed by atoms with E-state index in [1.165, 1.54) is 5.01 Å². The zero-order chi connectivity index (χ0) is 12.9. The van der Waals surface area contributed by atoms with Gasteiger partial charge in [-0.25, -0.2) is 4.98 Å². The Kier molecular flexibility index (Phi) is 5.56. The van der Waals surface area contributed by atoms with Crippen LogP contribution in [0.25, 0.3) is 0 Å². The molecule has 1 aromatic heterocycles. The molecule has 0 aromatic carbocycles. The minimum absolute atomic E-state index is 0.202. The first-order valence-electron chi connectivity index (χ1n) is 6.27. The summed E-state index contributed by atoms with van der Waals surface area (Å²) in [6.45, 7) is 10.6. The Morgan fingerprint density at radius 2 is 2.12 bits per heavy atom. The van der Waals surface area contributed by atoms with Gasteiger partial charge in [-0.3, -0.25) is 0 Å². The second kappa shape index (κ2) is 6.47. The second-order valence-electron chi connectivity index (χ2n) is 5.64. The summed E-state index contributed by atoms with van der Waals surface area (Å²) < 4.78 is 0. The molecule has 0 aliphatic carbocycles. The van der Waals surface area contributed by atoms with Crippen LogP contribution >= 0.6 is 11.3 Å². The molecule has 17 heavy (non-hydrogen) atoms. The van der Waals surface area contributed by atoms with E-state index in [1.807, 2.05) is 6.92 Å². The summed E-state index contributed by atoms with van der Waals surface area (Å²) in [6.07, 6.45) is 2.05. The van der Waals surface area contributed by atoms with Gasteiger partial charge in [0.2, 0.25) is 0 Å². The lowest BCUT2D eigenvalue weighted by atomic mass is 9.85. The van der Waals surface area contributed by atoms with Gasteiger partial charge in [0.05, 0.1) is 5.01 Å². The Morgan fingerprint density at radius 3 is 2.65 bits per heavy atom. The highest BCUT2D eigenvalue weighted by Crippen LogP contribution is 2.19. The Balaban J connectivity index is 2.09. The summed E-state index contributed by atoms with van der Waals surface area (Å²) in [5.74, 6) is 0. The highest BCUT2D eigenvalue weighted by molar-refractivity contribution is 7.09. The fraction of sp³-hybridized carbons (Fsp3) is 0.769. The topological polar surface area (TPSA) is 50.9 Å². The summed E-state index contributed by atoms with van der Waals surface area (Å²) >= 11 is 1.74. The zero-order valence-corrected chi connectivity index (χ0v) is 12.2. The van der Waals surface area contributed by atoms with Crippen molar-refractivity contribution < 1.29 is 0 Å². The van der Waals surface area contributed by atoms with Crippen molar-refractivity contribution in [2.24, 2.45) is 11.1 Å². The number of aryl methyl sites for hydroxylation is 1. The van der Waals surface area contributed by atoms with Crippen LogP contribution in [-0.4, -0.2) is 24.1 Å². The van der Waals surface area contributed by atoms with E-state index in [9.17, 15) is 0 Å². The smallest absolute Gasteiger partial charge is 0.0940 e. The molecule has 0 fully saturated rings. The maximum absolute atomic E-state index is 6.10. The van der Waals surface area contributed by atoms with E-state index in [1.54, 1.807) is 11.3 Å². The molecule has 1 atom stereocenters. The molecular weight excluding hydrogens is 230 g/mol. The zero-order valence-electron chi connectivity index (χ0n) is 11.4. The lowest BCUT2D eigenvalue weighted by Crippen LogP contribution is -2.37. The average molecular weight is 255 g/mol. The molecule has 0 bridgehead atoms. The van der Waals surface area contributed by atoms with Crippen LogP contribution in [0.2, 0.25) is 0 Å². The van der Waals surface area contributed by atoms with Crippen LogP contribution in [0.3, 0.4) is 0 Å². The lowest BCUT2D eigenvalue weighted by Gasteiger charge is -2.27. The van der Waals surface area contributed by atoms with E-state index < -0.39 is 0 Å². The quantitative estimate of drug-likeness (QED) is 0.767. The first kappa shape index (κ1) is 14.6. The molecule has 0 amide bonds. The highest BCUT2D eigenvalue weighted by Gasteiger charge is 2.19. The molecule has 0 spiro atoms. The molecule has 4 heteroatoms. The van der Waals surface area contributed by atoms with Crippen molar-refractivity contribution in [3.05, 3.63) is 16.1 Å². The SMILES string of the molecule is Cc1csc(CCNCCC(N)C(C)(C)C)n1. The van der Waals surface area contributed by atoms with Gasteiger partial charge in [-0.05, 0) is 25.3 Å². The van der Waals surface area contributed by atoms with Crippen molar-refractivity contribution in [1.82, 2.24) is 10.3 Å². The van der Waals surface area contributed by atoms with E-state index in [0.29, 0.717) is 0 Å². The van der Waals surface area contributed by atoms with Crippen LogP contribution in [0.4, 0.5) is 0 Å². The van der Waals surface area contributed by atoms with E-state index in [4.69, 9.17) is 5.73 Å². The van der Waals surface area contributed by atoms with E-state index in [0.717, 1.165) is 31.6 Å². The van der Waals surface area contributed by atoms with Gasteiger partial charge in [-0.15, -0.1) is 11.3 Å². The van der Waals surface area contributed by atoms with Crippen LogP contribution in [0.15, 0.2) is 5.38 Å². The van der Waals surface area contributed by atoms with Gasteiger partial charge < -0.3 is 11.1 Å². The second-order valence-corrected chi connectivity index (χ2v) is 6.59. The van der Waals surface area contributed by atoms with E-state index in [-0.39, 0.29) is 11.5 Å². The number of hydrogen-bond acceptors (Lipinski definition) is 4. The summed E-state index contributed by atoms with van der Waals surface area (Å²) in [5.41, 5.74) is 7.42. The summed E-state index contributed by atoms with van der Waals surface area (Å²) in [4.78, 5) is 4.44. The number of rotatable bonds is 6. The van der Waals surface area contributed by atoms with Gasteiger partial charge in [0.1, 0.15) is 0 Å². The van der Waals surface area contributed by atoms with Crippen molar-refractivity contribution in [3.8, 4) is 0 Å². The maximum Gasteiger partial charge on any atom is 0.0940 e. The molecule has 0 saturated heterocycles. The number of hydrogen-bond donors (Lipinski definition) is 2. The molecule has 3 N–H and O–H groups in total. The molecule has 1 rings (SSSR count). The third-order valence-electron chi connectivity index (χ3n) is 2.93. The van der Waals surface area contributed by atoms with Gasteiger partial charge in [0, 0.05) is 30.1 Å². The predicted molar refractivity (Wildman–Crippen MR) is 75.5 cm³/mol. The first-order valence-corrected chi connectivity index (χ1v) is 7.15. The summed E-state index contributed by atoms with van der Waals surface area (Å²) in [6, 6.07) is 0.261.